The number of nitrogens with zero attached hydrogens (tertiary/aromatic N) is 2. The third-order valence-corrected chi connectivity index (χ3v) is 4.44. The highest BCUT2D eigenvalue weighted by Gasteiger charge is 2.20. The van der Waals surface area contributed by atoms with Crippen molar-refractivity contribution in [2.45, 2.75) is 25.5 Å². The van der Waals surface area contributed by atoms with Gasteiger partial charge >= 0.3 is 0 Å². The molecule has 3 rings (SSSR count). The third kappa shape index (κ3) is 3.05. The van der Waals surface area contributed by atoms with Crippen LogP contribution in [-0.2, 0) is 11.3 Å². The molecule has 0 N–H and O–H groups in total. The predicted octanol–water partition coefficient (Wildman–Crippen LogP) is 3.01. The molecule has 102 valence electrons. The summed E-state index contributed by atoms with van der Waals surface area (Å²) in [6, 6.07) is 1.95. The fourth-order valence-corrected chi connectivity index (χ4v) is 3.27. The van der Waals surface area contributed by atoms with Crippen LogP contribution in [0.3, 0.4) is 0 Å². The minimum Gasteiger partial charge on any atom is -0.472 e. The van der Waals surface area contributed by atoms with Gasteiger partial charge in [0, 0.05) is 31.1 Å². The smallest absolute Gasteiger partial charge is 0.126 e. The Labute approximate surface area is 117 Å². The lowest BCUT2D eigenvalue weighted by molar-refractivity contribution is 0.0282. The first-order chi connectivity index (χ1) is 9.35. The average Bonchev–Trinajstić information content (AvgIpc) is 3.09. The Morgan fingerprint density at radius 3 is 3.32 bits per heavy atom. The van der Waals surface area contributed by atoms with Crippen LogP contribution in [0.25, 0.3) is 10.6 Å². The number of likely N-dealkylation sites (tertiary alicyclic amines) is 1. The number of hydrogen-bond donors (Lipinski definition) is 0. The number of piperidine rings is 1. The molecule has 2 aromatic rings. The number of furan rings is 1. The van der Waals surface area contributed by atoms with Crippen molar-refractivity contribution in [1.29, 1.82) is 0 Å². The standard InChI is InChI=1S/C14H18N2O2S/c1-17-13-3-2-5-16(8-13)7-12-10-19-14(15-12)11-4-6-18-9-11/h4,6,9-10,13H,2-3,5,7-8H2,1H3. The molecule has 5 heteroatoms. The Kier molecular flexibility index (Phi) is 3.96. The Morgan fingerprint density at radius 2 is 2.53 bits per heavy atom. The number of aromatic nitrogens is 1. The molecule has 0 saturated carbocycles. The topological polar surface area (TPSA) is 38.5 Å². The van der Waals surface area contributed by atoms with E-state index in [9.17, 15) is 0 Å². The lowest BCUT2D eigenvalue weighted by Gasteiger charge is -2.31. The summed E-state index contributed by atoms with van der Waals surface area (Å²) in [5.74, 6) is 0. The first kappa shape index (κ1) is 12.8. The maximum atomic E-state index is 5.45. The number of methoxy groups -OCH3 is 1. The molecule has 0 spiro atoms. The van der Waals surface area contributed by atoms with E-state index in [1.54, 1.807) is 31.0 Å². The van der Waals surface area contributed by atoms with Crippen molar-refractivity contribution < 1.29 is 9.15 Å². The lowest BCUT2D eigenvalue weighted by Crippen LogP contribution is -2.38. The van der Waals surface area contributed by atoms with Crippen molar-refractivity contribution in [1.82, 2.24) is 9.88 Å². The first-order valence-corrected chi connectivity index (χ1v) is 7.45. The van der Waals surface area contributed by atoms with Crippen molar-refractivity contribution in [2.75, 3.05) is 20.2 Å². The molecular weight excluding hydrogens is 260 g/mol. The van der Waals surface area contributed by atoms with Gasteiger partial charge in [-0.3, -0.25) is 4.90 Å². The summed E-state index contributed by atoms with van der Waals surface area (Å²) in [6.07, 6.45) is 6.18. The molecule has 1 saturated heterocycles. The Balaban J connectivity index is 1.64. The molecule has 0 bridgehead atoms. The van der Waals surface area contributed by atoms with Gasteiger partial charge in [-0.25, -0.2) is 4.98 Å². The highest BCUT2D eigenvalue weighted by Crippen LogP contribution is 2.25. The van der Waals surface area contributed by atoms with Crippen molar-refractivity contribution in [3.63, 3.8) is 0 Å². The van der Waals surface area contributed by atoms with Crippen LogP contribution >= 0.6 is 11.3 Å². The quantitative estimate of drug-likeness (QED) is 0.861. The molecule has 4 nitrogen and oxygen atoms in total. The monoisotopic (exact) mass is 278 g/mol. The predicted molar refractivity (Wildman–Crippen MR) is 75.1 cm³/mol. The van der Waals surface area contributed by atoms with Crippen molar-refractivity contribution in [3.05, 3.63) is 29.7 Å². The van der Waals surface area contributed by atoms with E-state index in [1.807, 2.05) is 6.07 Å². The molecule has 1 fully saturated rings. The van der Waals surface area contributed by atoms with Crippen molar-refractivity contribution >= 4 is 11.3 Å². The lowest BCUT2D eigenvalue weighted by atomic mass is 10.1. The molecule has 1 aliphatic rings. The van der Waals surface area contributed by atoms with E-state index in [0.717, 1.165) is 35.9 Å². The Morgan fingerprint density at radius 1 is 1.58 bits per heavy atom. The van der Waals surface area contributed by atoms with Gasteiger partial charge in [0.2, 0.25) is 0 Å². The van der Waals surface area contributed by atoms with Gasteiger partial charge in [-0.2, -0.15) is 0 Å². The molecule has 0 aromatic carbocycles. The van der Waals surface area contributed by atoms with Gasteiger partial charge in [0.15, 0.2) is 0 Å². The highest BCUT2D eigenvalue weighted by atomic mass is 32.1. The third-order valence-electron chi connectivity index (χ3n) is 3.50. The zero-order chi connectivity index (χ0) is 13.1. The molecule has 2 aromatic heterocycles. The molecule has 1 unspecified atom stereocenters. The number of hydrogen-bond acceptors (Lipinski definition) is 5. The summed E-state index contributed by atoms with van der Waals surface area (Å²) >= 11 is 1.67. The van der Waals surface area contributed by atoms with E-state index >= 15 is 0 Å². The van der Waals surface area contributed by atoms with E-state index in [4.69, 9.17) is 9.15 Å². The largest absolute Gasteiger partial charge is 0.472 e. The first-order valence-electron chi connectivity index (χ1n) is 6.57. The van der Waals surface area contributed by atoms with Crippen LogP contribution < -0.4 is 0 Å². The van der Waals surface area contributed by atoms with Crippen LogP contribution in [0, 0.1) is 0 Å². The van der Waals surface area contributed by atoms with Crippen LogP contribution in [0.4, 0.5) is 0 Å². The number of ether oxygens (including phenoxy) is 1. The number of rotatable bonds is 4. The SMILES string of the molecule is COC1CCCN(Cc2csc(-c3ccoc3)n2)C1. The van der Waals surface area contributed by atoms with E-state index < -0.39 is 0 Å². The van der Waals surface area contributed by atoms with Crippen LogP contribution in [0.5, 0.6) is 0 Å². The molecule has 19 heavy (non-hydrogen) atoms. The molecule has 0 aliphatic carbocycles. The van der Waals surface area contributed by atoms with Gasteiger partial charge in [-0.05, 0) is 25.5 Å². The summed E-state index contributed by atoms with van der Waals surface area (Å²) in [6.45, 7) is 3.06. The van der Waals surface area contributed by atoms with Crippen LogP contribution in [0.1, 0.15) is 18.5 Å². The second kappa shape index (κ2) is 5.86. The van der Waals surface area contributed by atoms with Crippen LogP contribution in [0.2, 0.25) is 0 Å². The zero-order valence-electron chi connectivity index (χ0n) is 11.0. The van der Waals surface area contributed by atoms with Gasteiger partial charge < -0.3 is 9.15 Å². The maximum absolute atomic E-state index is 5.45. The van der Waals surface area contributed by atoms with E-state index in [2.05, 4.69) is 15.3 Å². The van der Waals surface area contributed by atoms with E-state index in [0.29, 0.717) is 6.10 Å². The summed E-state index contributed by atoms with van der Waals surface area (Å²) < 4.78 is 10.5. The second-order valence-electron chi connectivity index (χ2n) is 4.89. The molecule has 0 amide bonds. The number of thiazole rings is 1. The molecular formula is C14H18N2O2S. The summed E-state index contributed by atoms with van der Waals surface area (Å²) in [5, 5.41) is 3.17. The van der Waals surface area contributed by atoms with E-state index in [1.165, 1.54) is 12.8 Å². The fourth-order valence-electron chi connectivity index (χ4n) is 2.48. The maximum Gasteiger partial charge on any atom is 0.126 e. The minimum atomic E-state index is 0.376. The highest BCUT2D eigenvalue weighted by molar-refractivity contribution is 7.13. The summed E-state index contributed by atoms with van der Waals surface area (Å²) in [7, 11) is 1.80. The normalized spacial score (nSPS) is 20.8. The minimum absolute atomic E-state index is 0.376. The molecule has 0 radical (unpaired) electrons. The Hall–Kier alpha value is -1.17. The van der Waals surface area contributed by atoms with Gasteiger partial charge in [0.1, 0.15) is 11.3 Å². The van der Waals surface area contributed by atoms with Gasteiger partial charge in [-0.1, -0.05) is 0 Å². The van der Waals surface area contributed by atoms with Crippen LogP contribution in [0.15, 0.2) is 28.4 Å². The summed E-state index contributed by atoms with van der Waals surface area (Å²) in [5.41, 5.74) is 2.20. The van der Waals surface area contributed by atoms with Crippen molar-refractivity contribution in [2.24, 2.45) is 0 Å². The molecule has 3 heterocycles. The molecule has 1 aliphatic heterocycles. The second-order valence-corrected chi connectivity index (χ2v) is 5.75. The van der Waals surface area contributed by atoms with Gasteiger partial charge in [0.25, 0.3) is 0 Å². The van der Waals surface area contributed by atoms with Crippen molar-refractivity contribution in [3.8, 4) is 10.6 Å². The van der Waals surface area contributed by atoms with E-state index in [-0.39, 0.29) is 0 Å². The molecule has 1 atom stereocenters. The fraction of sp³-hybridized carbons (Fsp3) is 0.500. The van der Waals surface area contributed by atoms with Gasteiger partial charge in [-0.15, -0.1) is 11.3 Å². The Bertz CT molecular complexity index is 509. The summed E-state index contributed by atoms with van der Waals surface area (Å²) in [4.78, 5) is 7.10. The average molecular weight is 278 g/mol. The van der Waals surface area contributed by atoms with Gasteiger partial charge in [0.05, 0.1) is 18.1 Å². The van der Waals surface area contributed by atoms with Crippen LogP contribution in [-0.4, -0.2) is 36.2 Å². The zero-order valence-corrected chi connectivity index (χ0v) is 11.9.